The van der Waals surface area contributed by atoms with Crippen LogP contribution in [0.15, 0.2) is 0 Å². The molecular formula is C8H18N2O. The maximum atomic E-state index is 8.74. The smallest absolute Gasteiger partial charge is 0.0483 e. The zero-order valence-electron chi connectivity index (χ0n) is 7.45. The minimum atomic E-state index is 0.360. The second-order valence-corrected chi connectivity index (χ2v) is 3.61. The third-order valence-corrected chi connectivity index (χ3v) is 2.15. The van der Waals surface area contributed by atoms with E-state index in [4.69, 9.17) is 5.11 Å². The summed E-state index contributed by atoms with van der Waals surface area (Å²) >= 11 is 0. The average molecular weight is 158 g/mol. The maximum Gasteiger partial charge on any atom is 0.0483 e. The van der Waals surface area contributed by atoms with Crippen molar-refractivity contribution in [3.8, 4) is 0 Å². The second kappa shape index (κ2) is 4.04. The van der Waals surface area contributed by atoms with Gasteiger partial charge in [-0.25, -0.2) is 0 Å². The predicted molar refractivity (Wildman–Crippen MR) is 45.6 cm³/mol. The number of nitrogens with zero attached hydrogens (tertiary/aromatic N) is 2. The Morgan fingerprint density at radius 2 is 2.09 bits per heavy atom. The molecule has 1 heterocycles. The maximum absolute atomic E-state index is 8.74. The largest absolute Gasteiger partial charge is 0.396 e. The summed E-state index contributed by atoms with van der Waals surface area (Å²) in [6, 6.07) is 0. The monoisotopic (exact) mass is 158 g/mol. The molecule has 66 valence electrons. The van der Waals surface area contributed by atoms with Crippen LogP contribution in [0.5, 0.6) is 0 Å². The summed E-state index contributed by atoms with van der Waals surface area (Å²) in [6.45, 7) is 4.80. The third kappa shape index (κ3) is 2.77. The van der Waals surface area contributed by atoms with Gasteiger partial charge in [0.1, 0.15) is 0 Å². The molecule has 0 aliphatic carbocycles. The fourth-order valence-electron chi connectivity index (χ4n) is 1.32. The van der Waals surface area contributed by atoms with Gasteiger partial charge in [-0.05, 0) is 14.1 Å². The number of rotatable bonds is 4. The molecule has 0 amide bonds. The second-order valence-electron chi connectivity index (χ2n) is 3.61. The van der Waals surface area contributed by atoms with Crippen LogP contribution in [0.25, 0.3) is 0 Å². The molecular weight excluding hydrogens is 140 g/mol. The first-order valence-electron chi connectivity index (χ1n) is 4.20. The quantitative estimate of drug-likeness (QED) is 0.596. The van der Waals surface area contributed by atoms with Crippen LogP contribution < -0.4 is 0 Å². The summed E-state index contributed by atoms with van der Waals surface area (Å²) in [7, 11) is 4.17. The molecule has 0 spiro atoms. The van der Waals surface area contributed by atoms with Gasteiger partial charge in [0.05, 0.1) is 0 Å². The van der Waals surface area contributed by atoms with Crippen LogP contribution in [-0.4, -0.2) is 61.8 Å². The molecule has 1 N–H and O–H groups in total. The Bertz CT molecular complexity index is 111. The van der Waals surface area contributed by atoms with Crippen molar-refractivity contribution < 1.29 is 5.11 Å². The molecule has 1 fully saturated rings. The van der Waals surface area contributed by atoms with Gasteiger partial charge < -0.3 is 14.9 Å². The van der Waals surface area contributed by atoms with Crippen molar-refractivity contribution in [3.05, 3.63) is 0 Å². The summed E-state index contributed by atoms with van der Waals surface area (Å²) < 4.78 is 0. The summed E-state index contributed by atoms with van der Waals surface area (Å²) in [6.07, 6.45) is 0. The lowest BCUT2D eigenvalue weighted by atomic mass is 10.0. The number of hydrogen-bond donors (Lipinski definition) is 1. The van der Waals surface area contributed by atoms with E-state index in [0.717, 1.165) is 26.2 Å². The van der Waals surface area contributed by atoms with Gasteiger partial charge in [0.2, 0.25) is 0 Å². The Kier molecular flexibility index (Phi) is 3.30. The van der Waals surface area contributed by atoms with Crippen LogP contribution in [0.1, 0.15) is 0 Å². The summed E-state index contributed by atoms with van der Waals surface area (Å²) in [4.78, 5) is 4.56. The van der Waals surface area contributed by atoms with Crippen molar-refractivity contribution in [1.29, 1.82) is 0 Å². The molecule has 0 bridgehead atoms. The van der Waals surface area contributed by atoms with Gasteiger partial charge in [0.25, 0.3) is 0 Å². The molecule has 0 unspecified atom stereocenters. The molecule has 0 saturated carbocycles. The van der Waals surface area contributed by atoms with Crippen LogP contribution in [0, 0.1) is 5.92 Å². The summed E-state index contributed by atoms with van der Waals surface area (Å²) in [5.41, 5.74) is 0. The van der Waals surface area contributed by atoms with Gasteiger partial charge in [-0.3, -0.25) is 0 Å². The first kappa shape index (κ1) is 8.97. The fourth-order valence-corrected chi connectivity index (χ4v) is 1.32. The van der Waals surface area contributed by atoms with Crippen LogP contribution in [0.4, 0.5) is 0 Å². The molecule has 0 aromatic carbocycles. The van der Waals surface area contributed by atoms with Gasteiger partial charge in [0.15, 0.2) is 0 Å². The van der Waals surface area contributed by atoms with Gasteiger partial charge in [-0.1, -0.05) is 0 Å². The molecule has 1 saturated heterocycles. The van der Waals surface area contributed by atoms with Gasteiger partial charge in [-0.15, -0.1) is 0 Å². The van der Waals surface area contributed by atoms with Crippen LogP contribution in [0.2, 0.25) is 0 Å². The Labute approximate surface area is 68.6 Å². The Hall–Kier alpha value is -0.120. The minimum Gasteiger partial charge on any atom is -0.396 e. The Balaban J connectivity index is 1.96. The Morgan fingerprint density at radius 1 is 1.45 bits per heavy atom. The number of likely N-dealkylation sites (N-methyl/N-ethyl adjacent to an activating group) is 1. The number of aliphatic hydroxyl groups is 1. The topological polar surface area (TPSA) is 26.7 Å². The highest BCUT2D eigenvalue weighted by atomic mass is 16.3. The molecule has 0 aromatic heterocycles. The minimum absolute atomic E-state index is 0.360. The standard InChI is InChI=1S/C8H18N2O/c1-9(2)3-4-10-5-8(6-10)7-11/h8,11H,3-7H2,1-2H3. The van der Waals surface area contributed by atoms with E-state index in [2.05, 4.69) is 23.9 Å². The molecule has 1 aliphatic rings. The van der Waals surface area contributed by atoms with Crippen molar-refractivity contribution in [2.24, 2.45) is 5.92 Å². The van der Waals surface area contributed by atoms with Crippen molar-refractivity contribution in [1.82, 2.24) is 9.80 Å². The van der Waals surface area contributed by atoms with E-state index in [-0.39, 0.29) is 0 Å². The van der Waals surface area contributed by atoms with E-state index >= 15 is 0 Å². The number of aliphatic hydroxyl groups excluding tert-OH is 1. The normalized spacial score (nSPS) is 20.7. The van der Waals surface area contributed by atoms with Gasteiger partial charge in [0, 0.05) is 38.7 Å². The van der Waals surface area contributed by atoms with Gasteiger partial charge in [-0.2, -0.15) is 0 Å². The van der Waals surface area contributed by atoms with E-state index in [1.165, 1.54) is 0 Å². The molecule has 0 aromatic rings. The molecule has 0 atom stereocenters. The van der Waals surface area contributed by atoms with Gasteiger partial charge >= 0.3 is 0 Å². The Morgan fingerprint density at radius 3 is 2.55 bits per heavy atom. The molecule has 3 heteroatoms. The SMILES string of the molecule is CN(C)CCN1CC(CO)C1. The van der Waals surface area contributed by atoms with E-state index in [0.29, 0.717) is 12.5 Å². The average Bonchev–Trinajstić information content (AvgIpc) is 1.84. The third-order valence-electron chi connectivity index (χ3n) is 2.15. The summed E-state index contributed by atoms with van der Waals surface area (Å²) in [5.74, 6) is 0.553. The van der Waals surface area contributed by atoms with Crippen LogP contribution >= 0.6 is 0 Å². The first-order chi connectivity index (χ1) is 5.22. The lowest BCUT2D eigenvalue weighted by Crippen LogP contribution is -2.50. The van der Waals surface area contributed by atoms with Crippen molar-refractivity contribution in [2.45, 2.75) is 0 Å². The number of hydrogen-bond acceptors (Lipinski definition) is 3. The lowest BCUT2D eigenvalue weighted by molar-refractivity contribution is 0.0495. The van der Waals surface area contributed by atoms with E-state index in [9.17, 15) is 0 Å². The summed E-state index contributed by atoms with van der Waals surface area (Å²) in [5, 5.41) is 8.74. The van der Waals surface area contributed by atoms with Crippen molar-refractivity contribution in [3.63, 3.8) is 0 Å². The molecule has 0 radical (unpaired) electrons. The van der Waals surface area contributed by atoms with E-state index in [1.54, 1.807) is 0 Å². The molecule has 1 rings (SSSR count). The first-order valence-corrected chi connectivity index (χ1v) is 4.20. The molecule has 11 heavy (non-hydrogen) atoms. The zero-order chi connectivity index (χ0) is 8.27. The molecule has 3 nitrogen and oxygen atoms in total. The highest BCUT2D eigenvalue weighted by molar-refractivity contribution is 4.78. The molecule has 1 aliphatic heterocycles. The van der Waals surface area contributed by atoms with E-state index in [1.807, 2.05) is 0 Å². The van der Waals surface area contributed by atoms with Crippen molar-refractivity contribution in [2.75, 3.05) is 46.9 Å². The lowest BCUT2D eigenvalue weighted by Gasteiger charge is -2.38. The van der Waals surface area contributed by atoms with Crippen LogP contribution in [-0.2, 0) is 0 Å². The van der Waals surface area contributed by atoms with Crippen molar-refractivity contribution >= 4 is 0 Å². The highest BCUT2D eigenvalue weighted by Crippen LogP contribution is 2.13. The zero-order valence-corrected chi connectivity index (χ0v) is 7.45. The highest BCUT2D eigenvalue weighted by Gasteiger charge is 2.24. The fraction of sp³-hybridized carbons (Fsp3) is 1.00. The number of likely N-dealkylation sites (tertiary alicyclic amines) is 1. The van der Waals surface area contributed by atoms with E-state index < -0.39 is 0 Å². The van der Waals surface area contributed by atoms with Crippen LogP contribution in [0.3, 0.4) is 0 Å². The predicted octanol–water partition coefficient (Wildman–Crippen LogP) is -0.528.